The molecular formula is C21H18ClF3N4O2. The first kappa shape index (κ1) is 22.4. The number of urea groups is 1. The molecule has 3 rings (SSSR count). The van der Waals surface area contributed by atoms with E-state index in [1.807, 2.05) is 18.2 Å². The summed E-state index contributed by atoms with van der Waals surface area (Å²) in [4.78, 5) is 27.8. The molecule has 3 N–H and O–H groups in total. The van der Waals surface area contributed by atoms with Crippen molar-refractivity contribution in [2.45, 2.75) is 12.6 Å². The van der Waals surface area contributed by atoms with Crippen LogP contribution in [0.4, 0.5) is 23.7 Å². The number of nitrogens with zero attached hydrogens (tertiary/aromatic N) is 1. The fourth-order valence-electron chi connectivity index (χ4n) is 2.91. The summed E-state index contributed by atoms with van der Waals surface area (Å²) in [5.41, 5.74) is 0.208. The van der Waals surface area contributed by atoms with Crippen LogP contribution in [0.2, 0.25) is 5.02 Å². The zero-order chi connectivity index (χ0) is 22.6. The first-order valence-corrected chi connectivity index (χ1v) is 9.57. The predicted molar refractivity (Wildman–Crippen MR) is 112 cm³/mol. The van der Waals surface area contributed by atoms with Crippen LogP contribution < -0.4 is 16.0 Å². The molecule has 6 nitrogen and oxygen atoms in total. The minimum atomic E-state index is -4.61. The Labute approximate surface area is 180 Å². The molecular weight excluding hydrogens is 433 g/mol. The number of nitrogens with one attached hydrogen (secondary N) is 3. The van der Waals surface area contributed by atoms with Crippen LogP contribution in [-0.2, 0) is 12.6 Å². The lowest BCUT2D eigenvalue weighted by Gasteiger charge is -2.12. The number of halogens is 4. The summed E-state index contributed by atoms with van der Waals surface area (Å²) in [5, 5.41) is 8.74. The van der Waals surface area contributed by atoms with E-state index in [0.29, 0.717) is 12.1 Å². The van der Waals surface area contributed by atoms with Crippen molar-refractivity contribution in [2.75, 3.05) is 18.9 Å². The normalized spacial score (nSPS) is 11.3. The van der Waals surface area contributed by atoms with Gasteiger partial charge in [0.1, 0.15) is 5.69 Å². The minimum Gasteiger partial charge on any atom is -0.354 e. The van der Waals surface area contributed by atoms with Gasteiger partial charge in [0.15, 0.2) is 0 Å². The van der Waals surface area contributed by atoms with E-state index >= 15 is 0 Å². The van der Waals surface area contributed by atoms with Gasteiger partial charge in [-0.15, -0.1) is 0 Å². The average Bonchev–Trinajstić information content (AvgIpc) is 2.73. The quantitative estimate of drug-likeness (QED) is 0.530. The maximum absolute atomic E-state index is 12.9. The van der Waals surface area contributed by atoms with E-state index < -0.39 is 22.8 Å². The highest BCUT2D eigenvalue weighted by atomic mass is 35.5. The van der Waals surface area contributed by atoms with Crippen LogP contribution in [0, 0.1) is 0 Å². The van der Waals surface area contributed by atoms with Gasteiger partial charge in [-0.2, -0.15) is 13.2 Å². The molecule has 0 aliphatic carbocycles. The SMILES string of the molecule is CNC(=O)c1cc2ccc(CCNC(=O)Nc3ccc(Cl)c(C(F)(F)F)c3)cc2cn1. The van der Waals surface area contributed by atoms with E-state index in [2.05, 4.69) is 20.9 Å². The summed E-state index contributed by atoms with van der Waals surface area (Å²) in [6, 6.07) is 9.82. The maximum Gasteiger partial charge on any atom is 0.417 e. The van der Waals surface area contributed by atoms with Crippen LogP contribution in [0.3, 0.4) is 0 Å². The van der Waals surface area contributed by atoms with Crippen LogP contribution in [-0.4, -0.2) is 30.5 Å². The highest BCUT2D eigenvalue weighted by Gasteiger charge is 2.33. The van der Waals surface area contributed by atoms with Crippen molar-refractivity contribution in [1.29, 1.82) is 0 Å². The number of carbonyl (C=O) groups excluding carboxylic acids is 2. The van der Waals surface area contributed by atoms with Crippen LogP contribution >= 0.6 is 11.6 Å². The van der Waals surface area contributed by atoms with Crippen molar-refractivity contribution in [1.82, 2.24) is 15.6 Å². The molecule has 0 unspecified atom stereocenters. The lowest BCUT2D eigenvalue weighted by Crippen LogP contribution is -2.30. The Balaban J connectivity index is 1.58. The molecule has 10 heteroatoms. The highest BCUT2D eigenvalue weighted by Crippen LogP contribution is 2.36. The third-order valence-electron chi connectivity index (χ3n) is 4.47. The molecule has 0 atom stereocenters. The van der Waals surface area contributed by atoms with Gasteiger partial charge in [0.25, 0.3) is 5.91 Å². The van der Waals surface area contributed by atoms with Crippen LogP contribution in [0.15, 0.2) is 48.7 Å². The molecule has 0 bridgehead atoms. The van der Waals surface area contributed by atoms with Crippen LogP contribution in [0.5, 0.6) is 0 Å². The van der Waals surface area contributed by atoms with Crippen molar-refractivity contribution in [3.63, 3.8) is 0 Å². The number of hydrogen-bond acceptors (Lipinski definition) is 3. The molecule has 0 saturated heterocycles. The van der Waals surface area contributed by atoms with Gasteiger partial charge < -0.3 is 16.0 Å². The molecule has 2 aromatic carbocycles. The molecule has 3 amide bonds. The third-order valence-corrected chi connectivity index (χ3v) is 4.80. The topological polar surface area (TPSA) is 83.1 Å². The van der Waals surface area contributed by atoms with Crippen LogP contribution in [0.25, 0.3) is 10.8 Å². The van der Waals surface area contributed by atoms with Gasteiger partial charge >= 0.3 is 12.2 Å². The van der Waals surface area contributed by atoms with Crippen LogP contribution in [0.1, 0.15) is 21.6 Å². The molecule has 3 aromatic rings. The standard InChI is InChI=1S/C21H18ClF3N4O2/c1-26-19(30)18-9-13-3-2-12(8-14(13)11-28-18)6-7-27-20(31)29-15-4-5-17(22)16(10-15)21(23,24)25/h2-5,8-11H,6-7H2,1H3,(H,26,30)(H2,27,29,31). The van der Waals surface area contributed by atoms with Crippen molar-refractivity contribution in [3.8, 4) is 0 Å². The van der Waals surface area contributed by atoms with E-state index in [-0.39, 0.29) is 18.1 Å². The van der Waals surface area contributed by atoms with Crippen molar-refractivity contribution in [3.05, 3.63) is 70.5 Å². The number of benzene rings is 2. The Morgan fingerprint density at radius 3 is 2.55 bits per heavy atom. The monoisotopic (exact) mass is 450 g/mol. The number of fused-ring (bicyclic) bond motifs is 1. The molecule has 0 aliphatic rings. The van der Waals surface area contributed by atoms with Gasteiger partial charge in [0.05, 0.1) is 10.6 Å². The minimum absolute atomic E-state index is 0.0158. The smallest absolute Gasteiger partial charge is 0.354 e. The molecule has 0 radical (unpaired) electrons. The fourth-order valence-corrected chi connectivity index (χ4v) is 3.14. The molecule has 162 valence electrons. The zero-order valence-electron chi connectivity index (χ0n) is 16.3. The van der Waals surface area contributed by atoms with E-state index in [9.17, 15) is 22.8 Å². The molecule has 31 heavy (non-hydrogen) atoms. The summed E-state index contributed by atoms with van der Waals surface area (Å²) in [6.07, 6.45) is -2.52. The number of rotatable bonds is 5. The van der Waals surface area contributed by atoms with Crippen molar-refractivity contribution in [2.24, 2.45) is 0 Å². The molecule has 0 saturated carbocycles. The van der Waals surface area contributed by atoms with Gasteiger partial charge in [-0.1, -0.05) is 23.7 Å². The Kier molecular flexibility index (Phi) is 6.65. The number of hydrogen-bond donors (Lipinski definition) is 3. The Morgan fingerprint density at radius 1 is 1.06 bits per heavy atom. The molecule has 0 aliphatic heterocycles. The molecule has 1 aromatic heterocycles. The second kappa shape index (κ2) is 9.22. The van der Waals surface area contributed by atoms with Gasteiger partial charge in [0.2, 0.25) is 0 Å². The zero-order valence-corrected chi connectivity index (χ0v) is 17.1. The lowest BCUT2D eigenvalue weighted by atomic mass is 10.1. The summed E-state index contributed by atoms with van der Waals surface area (Å²) >= 11 is 5.57. The number of amides is 3. The third kappa shape index (κ3) is 5.64. The summed E-state index contributed by atoms with van der Waals surface area (Å²) in [6.45, 7) is 0.265. The molecule has 0 spiro atoms. The number of aromatic nitrogens is 1. The summed E-state index contributed by atoms with van der Waals surface area (Å²) in [7, 11) is 1.53. The predicted octanol–water partition coefficient (Wildman–Crippen LogP) is 4.63. The van der Waals surface area contributed by atoms with E-state index in [0.717, 1.165) is 28.5 Å². The number of anilines is 1. The van der Waals surface area contributed by atoms with Gasteiger partial charge in [-0.3, -0.25) is 9.78 Å². The first-order chi connectivity index (χ1) is 14.7. The second-order valence-electron chi connectivity index (χ2n) is 6.65. The largest absolute Gasteiger partial charge is 0.417 e. The maximum atomic E-state index is 12.9. The number of alkyl halides is 3. The van der Waals surface area contributed by atoms with Gasteiger partial charge in [-0.25, -0.2) is 4.79 Å². The fraction of sp³-hybridized carbons (Fsp3) is 0.190. The highest BCUT2D eigenvalue weighted by molar-refractivity contribution is 6.31. The van der Waals surface area contributed by atoms with Crippen molar-refractivity contribution < 1.29 is 22.8 Å². The number of carbonyl (C=O) groups is 2. The Bertz CT molecular complexity index is 1140. The molecule has 0 fully saturated rings. The summed E-state index contributed by atoms with van der Waals surface area (Å²) in [5.74, 6) is -0.274. The van der Waals surface area contributed by atoms with E-state index in [1.165, 1.54) is 13.1 Å². The summed E-state index contributed by atoms with van der Waals surface area (Å²) < 4.78 is 38.7. The van der Waals surface area contributed by atoms with E-state index in [1.54, 1.807) is 12.3 Å². The van der Waals surface area contributed by atoms with Crippen molar-refractivity contribution >= 4 is 40.0 Å². The number of pyridine rings is 1. The second-order valence-corrected chi connectivity index (χ2v) is 7.06. The van der Waals surface area contributed by atoms with E-state index in [4.69, 9.17) is 11.6 Å². The Hall–Kier alpha value is -3.33. The molecule has 1 heterocycles. The Morgan fingerprint density at radius 2 is 1.84 bits per heavy atom. The van der Waals surface area contributed by atoms with Gasteiger partial charge in [0, 0.05) is 30.9 Å². The van der Waals surface area contributed by atoms with Gasteiger partial charge in [-0.05, 0) is 47.7 Å². The average molecular weight is 451 g/mol. The first-order valence-electron chi connectivity index (χ1n) is 9.20. The lowest BCUT2D eigenvalue weighted by molar-refractivity contribution is -0.137.